The average molecular weight is 940 g/mol. The van der Waals surface area contributed by atoms with Gasteiger partial charge in [-0.3, -0.25) is 19.2 Å². The number of carbonyl (C=O) groups excluding carboxylic acids is 4. The number of hydroxylamine groups is 2. The normalized spacial score (nSPS) is 13.4. The quantitative estimate of drug-likeness (QED) is 0.0394. The second-order valence-corrected chi connectivity index (χ2v) is 29.4. The first-order valence-corrected chi connectivity index (χ1v) is 26.8. The Hall–Kier alpha value is -4.73. The number of esters is 2. The molecular weight excluding hydrogens is 863 g/mol. The third-order valence-electron chi connectivity index (χ3n) is 11.2. The van der Waals surface area contributed by atoms with Crippen molar-refractivity contribution < 1.29 is 42.3 Å². The fourth-order valence-corrected chi connectivity index (χ4v) is 17.5. The van der Waals surface area contributed by atoms with Gasteiger partial charge in [-0.05, 0) is 85.2 Å². The maximum absolute atomic E-state index is 13.0. The average Bonchev–Trinajstić information content (AvgIpc) is 3.24. The molecule has 0 spiro atoms. The van der Waals surface area contributed by atoms with Crippen LogP contribution in [0.5, 0.6) is 0 Å². The van der Waals surface area contributed by atoms with Gasteiger partial charge in [0.25, 0.3) is 16.6 Å². The first-order chi connectivity index (χ1) is 30.8. The SMILES string of the molecule is CC(C)(C)OC(=O)CC(C=O)CCO[Si](c1ccccc1)(c1ccccc1)C(C)(C)C.CON(C)C(=O)C(CCO[Si](c1ccccc1)(c1ccccc1)C(C)(C)C)CC(=O)OC(C)(C)C. The van der Waals surface area contributed by atoms with E-state index in [2.05, 4.69) is 90.1 Å². The zero-order valence-corrected chi connectivity index (χ0v) is 44.1. The molecule has 66 heavy (non-hydrogen) atoms. The van der Waals surface area contributed by atoms with Gasteiger partial charge in [0.05, 0.1) is 25.9 Å². The summed E-state index contributed by atoms with van der Waals surface area (Å²) in [4.78, 5) is 54.5. The molecule has 0 fully saturated rings. The number of benzene rings is 4. The number of hydrogen-bond donors (Lipinski definition) is 0. The summed E-state index contributed by atoms with van der Waals surface area (Å²) >= 11 is 0. The summed E-state index contributed by atoms with van der Waals surface area (Å²) in [6, 6.07) is 41.5. The van der Waals surface area contributed by atoms with E-state index < -0.39 is 45.6 Å². The zero-order chi connectivity index (χ0) is 49.4. The standard InChI is InChI=1S/C28H41NO5Si.C26H36O4Si/c1-27(2,3)34-25(30)21-22(26(31)29(7)32-8)19-20-33-35(28(4,5)6,23-15-11-9-12-16-23)24-17-13-10-14-18-24;1-25(2,3)30-24(28)19-21(20-27)17-18-29-31(26(4,5)6,22-13-9-7-10-14-22)23-15-11-8-12-16-23/h9-18,22H,19-21H2,1-8H3;7-16,20-21H,17-19H2,1-6H3. The summed E-state index contributed by atoms with van der Waals surface area (Å²) in [5.74, 6) is -2.08. The Labute approximate surface area is 397 Å². The molecule has 0 aliphatic carbocycles. The molecule has 2 unspecified atom stereocenters. The first kappa shape index (κ1) is 55.6. The minimum Gasteiger partial charge on any atom is -0.460 e. The fourth-order valence-electron chi connectivity index (χ4n) is 8.30. The van der Waals surface area contributed by atoms with E-state index in [0.717, 1.165) is 11.3 Å². The van der Waals surface area contributed by atoms with Gasteiger partial charge in [0.15, 0.2) is 0 Å². The third-order valence-corrected chi connectivity index (χ3v) is 21.3. The predicted molar refractivity (Wildman–Crippen MR) is 270 cm³/mol. The lowest BCUT2D eigenvalue weighted by Gasteiger charge is -2.43. The maximum atomic E-state index is 13.0. The molecule has 10 nitrogen and oxygen atoms in total. The summed E-state index contributed by atoms with van der Waals surface area (Å²) in [6.07, 6.45) is 1.74. The van der Waals surface area contributed by atoms with Crippen LogP contribution in [0.4, 0.5) is 0 Å². The lowest BCUT2D eigenvalue weighted by Crippen LogP contribution is -2.66. The van der Waals surface area contributed by atoms with Crippen LogP contribution in [0.15, 0.2) is 121 Å². The number of rotatable bonds is 19. The summed E-state index contributed by atoms with van der Waals surface area (Å²) < 4.78 is 24.6. The van der Waals surface area contributed by atoms with Crippen LogP contribution >= 0.6 is 0 Å². The van der Waals surface area contributed by atoms with Crippen molar-refractivity contribution in [2.75, 3.05) is 27.4 Å². The highest BCUT2D eigenvalue weighted by molar-refractivity contribution is 7.00. The molecule has 0 aromatic heterocycles. The Morgan fingerprint density at radius 1 is 0.530 bits per heavy atom. The van der Waals surface area contributed by atoms with Crippen molar-refractivity contribution in [2.24, 2.45) is 11.8 Å². The molecule has 0 saturated heterocycles. The number of carbonyl (C=O) groups is 4. The van der Waals surface area contributed by atoms with Crippen molar-refractivity contribution in [3.05, 3.63) is 121 Å². The van der Waals surface area contributed by atoms with Gasteiger partial charge in [-0.15, -0.1) is 0 Å². The first-order valence-electron chi connectivity index (χ1n) is 23.0. The van der Waals surface area contributed by atoms with E-state index in [0.29, 0.717) is 26.1 Å². The van der Waals surface area contributed by atoms with Crippen LogP contribution in [-0.2, 0) is 42.3 Å². The topological polar surface area (TPSA) is 118 Å². The number of ether oxygens (including phenoxy) is 2. The minimum absolute atomic E-state index is 0.0338. The molecule has 2 atom stereocenters. The van der Waals surface area contributed by atoms with Crippen molar-refractivity contribution in [1.82, 2.24) is 5.06 Å². The van der Waals surface area contributed by atoms with Crippen molar-refractivity contribution >= 4 is 61.5 Å². The zero-order valence-electron chi connectivity index (χ0n) is 42.1. The number of hydrogen-bond acceptors (Lipinski definition) is 9. The van der Waals surface area contributed by atoms with Gasteiger partial charge in [-0.25, -0.2) is 5.06 Å². The minimum atomic E-state index is -2.74. The second-order valence-electron chi connectivity index (χ2n) is 20.8. The van der Waals surface area contributed by atoms with Crippen LogP contribution in [-0.4, -0.2) is 84.4 Å². The molecule has 0 saturated carbocycles. The van der Waals surface area contributed by atoms with Gasteiger partial charge >= 0.3 is 11.9 Å². The number of nitrogens with zero attached hydrogens (tertiary/aromatic N) is 1. The van der Waals surface area contributed by atoms with E-state index >= 15 is 0 Å². The summed E-state index contributed by atoms with van der Waals surface area (Å²) in [6.45, 7) is 24.9. The Kier molecular flexibility index (Phi) is 20.5. The lowest BCUT2D eigenvalue weighted by molar-refractivity contribution is -0.177. The van der Waals surface area contributed by atoms with Gasteiger partial charge < -0.3 is 23.1 Å². The van der Waals surface area contributed by atoms with E-state index in [1.165, 1.54) is 27.9 Å². The van der Waals surface area contributed by atoms with Crippen molar-refractivity contribution in [1.29, 1.82) is 0 Å². The molecule has 360 valence electrons. The van der Waals surface area contributed by atoms with Crippen LogP contribution in [0.1, 0.15) is 109 Å². The molecule has 0 aliphatic heterocycles. The van der Waals surface area contributed by atoms with E-state index in [-0.39, 0.29) is 34.8 Å². The molecule has 4 rings (SSSR count). The predicted octanol–water partition coefficient (Wildman–Crippen LogP) is 8.82. The van der Waals surface area contributed by atoms with Gasteiger partial charge in [0, 0.05) is 26.2 Å². The van der Waals surface area contributed by atoms with E-state index in [1.807, 2.05) is 114 Å². The molecule has 0 radical (unpaired) electrons. The Morgan fingerprint density at radius 3 is 1.14 bits per heavy atom. The smallest absolute Gasteiger partial charge is 0.307 e. The van der Waals surface area contributed by atoms with Crippen LogP contribution in [0, 0.1) is 11.8 Å². The van der Waals surface area contributed by atoms with E-state index in [9.17, 15) is 19.2 Å². The second kappa shape index (κ2) is 24.3. The Balaban J connectivity index is 0.000000353. The third kappa shape index (κ3) is 15.7. The number of amides is 1. The lowest BCUT2D eigenvalue weighted by atomic mass is 10.0. The molecule has 0 N–H and O–H groups in total. The molecule has 12 heteroatoms. The highest BCUT2D eigenvalue weighted by Crippen LogP contribution is 2.38. The van der Waals surface area contributed by atoms with E-state index in [4.69, 9.17) is 23.2 Å². The summed E-state index contributed by atoms with van der Waals surface area (Å²) in [5.41, 5.74) is -1.18. The molecule has 1 amide bonds. The molecular formula is C54H77NO9Si2. The highest BCUT2D eigenvalue weighted by Gasteiger charge is 2.51. The maximum Gasteiger partial charge on any atom is 0.307 e. The Morgan fingerprint density at radius 2 is 0.848 bits per heavy atom. The van der Waals surface area contributed by atoms with Crippen LogP contribution < -0.4 is 20.7 Å². The van der Waals surface area contributed by atoms with Crippen LogP contribution in [0.3, 0.4) is 0 Å². The van der Waals surface area contributed by atoms with Gasteiger partial charge in [-0.2, -0.15) is 0 Å². The monoisotopic (exact) mass is 940 g/mol. The molecule has 0 heterocycles. The molecule has 0 aliphatic rings. The molecule has 0 bridgehead atoms. The van der Waals surface area contributed by atoms with Gasteiger partial charge in [0.1, 0.15) is 17.5 Å². The summed E-state index contributed by atoms with van der Waals surface area (Å²) in [7, 11) is -2.40. The highest BCUT2D eigenvalue weighted by atomic mass is 28.4. The largest absolute Gasteiger partial charge is 0.460 e. The van der Waals surface area contributed by atoms with Gasteiger partial charge in [0.2, 0.25) is 5.91 Å². The van der Waals surface area contributed by atoms with Crippen molar-refractivity contribution in [3.63, 3.8) is 0 Å². The molecule has 4 aromatic rings. The fraction of sp³-hybridized carbons (Fsp3) is 0.481. The molecule has 4 aromatic carbocycles. The van der Waals surface area contributed by atoms with Crippen LogP contribution in [0.2, 0.25) is 10.1 Å². The van der Waals surface area contributed by atoms with Gasteiger partial charge in [-0.1, -0.05) is 163 Å². The Bertz CT molecular complexity index is 2010. The summed E-state index contributed by atoms with van der Waals surface area (Å²) in [5, 5.41) is 5.59. The van der Waals surface area contributed by atoms with Crippen molar-refractivity contribution in [2.45, 2.75) is 130 Å². The number of aldehydes is 1. The van der Waals surface area contributed by atoms with Crippen molar-refractivity contribution in [3.8, 4) is 0 Å². The van der Waals surface area contributed by atoms with E-state index in [1.54, 1.807) is 7.05 Å². The van der Waals surface area contributed by atoms with Crippen LogP contribution in [0.25, 0.3) is 0 Å².